The first-order valence-corrected chi connectivity index (χ1v) is 9.14. The maximum Gasteiger partial charge on any atom is 0.271 e. The first-order chi connectivity index (χ1) is 14.4. The van der Waals surface area contributed by atoms with Gasteiger partial charge in [-0.25, -0.2) is 0 Å². The predicted octanol–water partition coefficient (Wildman–Crippen LogP) is 3.48. The van der Waals surface area contributed by atoms with Crippen LogP contribution in [0.3, 0.4) is 0 Å². The van der Waals surface area contributed by atoms with Crippen LogP contribution in [0.5, 0.6) is 0 Å². The van der Waals surface area contributed by atoms with Crippen molar-refractivity contribution >= 4 is 23.6 Å². The highest BCUT2D eigenvalue weighted by molar-refractivity contribution is 5.99. The molecule has 2 N–H and O–H groups in total. The summed E-state index contributed by atoms with van der Waals surface area (Å²) in [6, 6.07) is 17.3. The summed E-state index contributed by atoms with van der Waals surface area (Å²) in [7, 11) is 0. The molecule has 8 heteroatoms. The van der Waals surface area contributed by atoms with Crippen molar-refractivity contribution in [1.82, 2.24) is 15.4 Å². The summed E-state index contributed by atoms with van der Waals surface area (Å²) >= 11 is 0. The average molecular weight is 404 g/mol. The highest BCUT2D eigenvalue weighted by Gasteiger charge is 2.16. The Hall–Kier alpha value is -4.20. The molecule has 0 saturated carbocycles. The average Bonchev–Trinajstić information content (AvgIpc) is 3.05. The van der Waals surface area contributed by atoms with Crippen molar-refractivity contribution < 1.29 is 14.5 Å². The van der Waals surface area contributed by atoms with Gasteiger partial charge in [0.1, 0.15) is 0 Å². The number of nitro groups is 1. The molecule has 0 aliphatic heterocycles. The summed E-state index contributed by atoms with van der Waals surface area (Å²) in [4.78, 5) is 34.8. The maximum atomic E-state index is 12.5. The lowest BCUT2D eigenvalue weighted by molar-refractivity contribution is -0.384. The zero-order valence-corrected chi connectivity index (χ0v) is 16.5. The number of amides is 2. The van der Waals surface area contributed by atoms with E-state index in [0.29, 0.717) is 11.1 Å². The second-order valence-corrected chi connectivity index (χ2v) is 6.58. The summed E-state index contributed by atoms with van der Waals surface area (Å²) in [5.41, 5.74) is 8.15. The Bertz CT molecular complexity index is 1130. The fourth-order valence-electron chi connectivity index (χ4n) is 3.11. The van der Waals surface area contributed by atoms with Crippen molar-refractivity contribution in [1.29, 1.82) is 0 Å². The Morgan fingerprint density at radius 1 is 1.00 bits per heavy atom. The summed E-state index contributed by atoms with van der Waals surface area (Å²) < 4.78 is 1.96. The number of non-ortho nitro benzene ring substituents is 1. The summed E-state index contributed by atoms with van der Waals surface area (Å²) in [6.07, 6.45) is 2.61. The van der Waals surface area contributed by atoms with Gasteiger partial charge in [0, 0.05) is 35.3 Å². The third-order valence-electron chi connectivity index (χ3n) is 4.50. The van der Waals surface area contributed by atoms with E-state index >= 15 is 0 Å². The van der Waals surface area contributed by atoms with Gasteiger partial charge >= 0.3 is 0 Å². The molecule has 0 fully saturated rings. The van der Waals surface area contributed by atoms with Crippen LogP contribution >= 0.6 is 0 Å². The van der Waals surface area contributed by atoms with E-state index in [9.17, 15) is 19.7 Å². The number of carbonyl (C=O) groups is 2. The molecule has 0 aliphatic carbocycles. The van der Waals surface area contributed by atoms with Crippen LogP contribution in [0, 0.1) is 24.0 Å². The van der Waals surface area contributed by atoms with E-state index in [1.54, 1.807) is 12.1 Å². The summed E-state index contributed by atoms with van der Waals surface area (Å²) in [5, 5.41) is 10.8. The van der Waals surface area contributed by atoms with Gasteiger partial charge in [-0.15, -0.1) is 0 Å². The lowest BCUT2D eigenvalue weighted by Gasteiger charge is -2.10. The number of nitrogens with zero attached hydrogens (tertiary/aromatic N) is 2. The minimum atomic E-state index is -0.563. The van der Waals surface area contributed by atoms with Crippen molar-refractivity contribution in [3.05, 3.63) is 99.4 Å². The first-order valence-electron chi connectivity index (χ1n) is 9.14. The molecule has 0 atom stereocenters. The third kappa shape index (κ3) is 4.61. The van der Waals surface area contributed by atoms with Crippen molar-refractivity contribution in [2.45, 2.75) is 13.8 Å². The van der Waals surface area contributed by atoms with E-state index in [-0.39, 0.29) is 5.69 Å². The Morgan fingerprint density at radius 2 is 1.73 bits per heavy atom. The second kappa shape index (κ2) is 8.87. The fourth-order valence-corrected chi connectivity index (χ4v) is 3.11. The summed E-state index contributed by atoms with van der Waals surface area (Å²) in [6.45, 7) is 3.73. The second-order valence-electron chi connectivity index (χ2n) is 6.58. The smallest absolute Gasteiger partial charge is 0.271 e. The van der Waals surface area contributed by atoms with Crippen LogP contribution in [0.2, 0.25) is 0 Å². The number of hydrazine groups is 1. The van der Waals surface area contributed by atoms with Crippen LogP contribution in [0.15, 0.2) is 66.7 Å². The lowest BCUT2D eigenvalue weighted by atomic mass is 10.2. The number of nitro benzene ring substituents is 1. The first kappa shape index (κ1) is 20.5. The van der Waals surface area contributed by atoms with Gasteiger partial charge in [-0.2, -0.15) is 0 Å². The van der Waals surface area contributed by atoms with Crippen LogP contribution in [0.4, 0.5) is 5.69 Å². The van der Waals surface area contributed by atoms with Crippen LogP contribution in [0.1, 0.15) is 27.3 Å². The van der Waals surface area contributed by atoms with E-state index < -0.39 is 16.7 Å². The van der Waals surface area contributed by atoms with Gasteiger partial charge in [-0.3, -0.25) is 30.6 Å². The highest BCUT2D eigenvalue weighted by atomic mass is 16.6. The number of nitrogens with one attached hydrogen (secondary N) is 2. The van der Waals surface area contributed by atoms with Crippen LogP contribution in [-0.4, -0.2) is 21.3 Å². The van der Waals surface area contributed by atoms with E-state index in [0.717, 1.165) is 17.1 Å². The van der Waals surface area contributed by atoms with Gasteiger partial charge in [0.25, 0.3) is 17.5 Å². The molecule has 0 unspecified atom stereocenters. The molecule has 3 rings (SSSR count). The molecular weight excluding hydrogens is 384 g/mol. The molecule has 2 amide bonds. The van der Waals surface area contributed by atoms with Gasteiger partial charge in [0.05, 0.1) is 10.5 Å². The predicted molar refractivity (Wildman–Crippen MR) is 113 cm³/mol. The number of benzene rings is 2. The molecular formula is C22H20N4O4. The van der Waals surface area contributed by atoms with Crippen molar-refractivity contribution in [3.63, 3.8) is 0 Å². The molecule has 1 heterocycles. The highest BCUT2D eigenvalue weighted by Crippen LogP contribution is 2.20. The normalized spacial score (nSPS) is 10.7. The lowest BCUT2D eigenvalue weighted by Crippen LogP contribution is -2.40. The maximum absolute atomic E-state index is 12.5. The number of hydrogen-bond acceptors (Lipinski definition) is 4. The third-order valence-corrected chi connectivity index (χ3v) is 4.50. The minimum Gasteiger partial charge on any atom is -0.318 e. The zero-order valence-electron chi connectivity index (χ0n) is 16.5. The van der Waals surface area contributed by atoms with Gasteiger partial charge in [0.2, 0.25) is 0 Å². The van der Waals surface area contributed by atoms with E-state index in [1.165, 1.54) is 30.4 Å². The molecule has 3 aromatic rings. The van der Waals surface area contributed by atoms with Gasteiger partial charge in [0.15, 0.2) is 0 Å². The van der Waals surface area contributed by atoms with Crippen LogP contribution in [-0.2, 0) is 4.79 Å². The van der Waals surface area contributed by atoms with E-state index in [1.807, 2.05) is 48.7 Å². The van der Waals surface area contributed by atoms with Gasteiger partial charge in [-0.05, 0) is 43.7 Å². The molecule has 0 saturated heterocycles. The molecule has 1 aromatic heterocycles. The molecule has 0 radical (unpaired) electrons. The summed E-state index contributed by atoms with van der Waals surface area (Å²) in [5.74, 6) is -1.01. The van der Waals surface area contributed by atoms with Crippen LogP contribution in [0.25, 0.3) is 11.8 Å². The number of carbonyl (C=O) groups excluding carboxylic acids is 2. The SMILES string of the molecule is Cc1cc(C(=O)NNC(=O)/C=C/c2cccc([N+](=O)[O-])c2)c(C)n1-c1ccccc1. The minimum absolute atomic E-state index is 0.0698. The van der Waals surface area contributed by atoms with Gasteiger partial charge < -0.3 is 4.57 Å². The Morgan fingerprint density at radius 3 is 2.43 bits per heavy atom. The Kier molecular flexibility index (Phi) is 6.07. The Labute approximate surface area is 173 Å². The standard InChI is InChI=1S/C22H20N4O4/c1-15-13-20(16(2)25(15)18-8-4-3-5-9-18)22(28)24-23-21(27)12-11-17-7-6-10-19(14-17)26(29)30/h3-14H,1-2H3,(H,23,27)(H,24,28)/b12-11+. The van der Waals surface area contributed by atoms with Crippen molar-refractivity contribution in [2.24, 2.45) is 0 Å². The van der Waals surface area contributed by atoms with Gasteiger partial charge in [-0.1, -0.05) is 30.3 Å². The number of rotatable bonds is 5. The van der Waals surface area contributed by atoms with E-state index in [2.05, 4.69) is 10.9 Å². The van der Waals surface area contributed by atoms with Crippen molar-refractivity contribution in [2.75, 3.05) is 0 Å². The monoisotopic (exact) mass is 404 g/mol. The number of aryl methyl sites for hydroxylation is 1. The molecule has 152 valence electrons. The Balaban J connectivity index is 1.65. The molecule has 0 bridgehead atoms. The molecule has 0 aliphatic rings. The molecule has 2 aromatic carbocycles. The molecule has 30 heavy (non-hydrogen) atoms. The number of para-hydroxylation sites is 1. The zero-order chi connectivity index (χ0) is 21.7. The fraction of sp³-hybridized carbons (Fsp3) is 0.0909. The number of aromatic nitrogens is 1. The molecule has 8 nitrogen and oxygen atoms in total. The van der Waals surface area contributed by atoms with E-state index in [4.69, 9.17) is 0 Å². The molecule has 0 spiro atoms. The van der Waals surface area contributed by atoms with Crippen molar-refractivity contribution in [3.8, 4) is 5.69 Å². The van der Waals surface area contributed by atoms with Crippen LogP contribution < -0.4 is 10.9 Å². The number of hydrogen-bond donors (Lipinski definition) is 2. The topological polar surface area (TPSA) is 106 Å². The largest absolute Gasteiger partial charge is 0.318 e. The quantitative estimate of drug-likeness (QED) is 0.386.